The third-order valence-electron chi connectivity index (χ3n) is 3.26. The van der Waals surface area contributed by atoms with Crippen molar-refractivity contribution in [1.82, 2.24) is 0 Å². The molecule has 2 aromatic rings. The predicted molar refractivity (Wildman–Crippen MR) is 71.6 cm³/mol. The van der Waals surface area contributed by atoms with E-state index in [9.17, 15) is 4.39 Å². The summed E-state index contributed by atoms with van der Waals surface area (Å²) in [5, 5.41) is -0.145. The SMILES string of the molecule is Cc1oc(C)c(C(Cl)Cc2ccc(F)cc2)c1C. The fourth-order valence-corrected chi connectivity index (χ4v) is 2.70. The van der Waals surface area contributed by atoms with E-state index in [1.165, 1.54) is 12.1 Å². The first-order chi connectivity index (χ1) is 8.49. The summed E-state index contributed by atoms with van der Waals surface area (Å²) in [6.07, 6.45) is 0.669. The average molecular weight is 267 g/mol. The van der Waals surface area contributed by atoms with Crippen molar-refractivity contribution >= 4 is 11.6 Å². The average Bonchev–Trinajstić information content (AvgIpc) is 2.56. The van der Waals surface area contributed by atoms with E-state index in [0.29, 0.717) is 6.42 Å². The van der Waals surface area contributed by atoms with E-state index >= 15 is 0 Å². The highest BCUT2D eigenvalue weighted by Crippen LogP contribution is 2.33. The van der Waals surface area contributed by atoms with Crippen LogP contribution in [0.3, 0.4) is 0 Å². The summed E-state index contributed by atoms with van der Waals surface area (Å²) in [5.41, 5.74) is 3.18. The van der Waals surface area contributed by atoms with E-state index < -0.39 is 0 Å². The largest absolute Gasteiger partial charge is 0.466 e. The van der Waals surface area contributed by atoms with Crippen LogP contribution in [0, 0.1) is 26.6 Å². The number of hydrogen-bond donors (Lipinski definition) is 0. The molecule has 1 unspecified atom stereocenters. The van der Waals surface area contributed by atoms with Crippen LogP contribution in [0.15, 0.2) is 28.7 Å². The van der Waals surface area contributed by atoms with E-state index in [4.69, 9.17) is 16.0 Å². The zero-order valence-corrected chi connectivity index (χ0v) is 11.5. The Morgan fingerprint density at radius 3 is 2.22 bits per heavy atom. The molecule has 0 fully saturated rings. The fraction of sp³-hybridized carbons (Fsp3) is 0.333. The van der Waals surface area contributed by atoms with Gasteiger partial charge >= 0.3 is 0 Å². The zero-order chi connectivity index (χ0) is 13.3. The summed E-state index contributed by atoms with van der Waals surface area (Å²) in [6.45, 7) is 5.88. The van der Waals surface area contributed by atoms with Gasteiger partial charge in [0, 0.05) is 5.56 Å². The summed E-state index contributed by atoms with van der Waals surface area (Å²) in [6, 6.07) is 6.45. The molecule has 1 nitrogen and oxygen atoms in total. The first-order valence-corrected chi connectivity index (χ1v) is 6.37. The summed E-state index contributed by atoms with van der Waals surface area (Å²) >= 11 is 6.45. The number of hydrogen-bond acceptors (Lipinski definition) is 1. The second-order valence-corrected chi connectivity index (χ2v) is 5.08. The van der Waals surface area contributed by atoms with Gasteiger partial charge < -0.3 is 4.42 Å². The van der Waals surface area contributed by atoms with E-state index in [1.807, 2.05) is 20.8 Å². The minimum absolute atomic E-state index is 0.145. The van der Waals surface area contributed by atoms with Crippen LogP contribution >= 0.6 is 11.6 Å². The van der Waals surface area contributed by atoms with Crippen LogP contribution in [0.5, 0.6) is 0 Å². The van der Waals surface area contributed by atoms with Crippen LogP contribution in [0.1, 0.15) is 33.6 Å². The molecule has 0 radical (unpaired) electrons. The Morgan fingerprint density at radius 1 is 1.11 bits per heavy atom. The van der Waals surface area contributed by atoms with E-state index in [0.717, 1.165) is 28.2 Å². The third-order valence-corrected chi connectivity index (χ3v) is 3.63. The van der Waals surface area contributed by atoms with Crippen molar-refractivity contribution in [2.45, 2.75) is 32.6 Å². The van der Waals surface area contributed by atoms with Crippen molar-refractivity contribution in [2.75, 3.05) is 0 Å². The van der Waals surface area contributed by atoms with Gasteiger partial charge in [-0.15, -0.1) is 11.6 Å². The fourth-order valence-electron chi connectivity index (χ4n) is 2.20. The Labute approximate surface area is 112 Å². The molecule has 3 heteroatoms. The molecule has 0 amide bonds. The molecule has 0 N–H and O–H groups in total. The quantitative estimate of drug-likeness (QED) is 0.723. The lowest BCUT2D eigenvalue weighted by atomic mass is 10.0. The molecular weight excluding hydrogens is 251 g/mol. The minimum atomic E-state index is -0.226. The van der Waals surface area contributed by atoms with Crippen molar-refractivity contribution in [1.29, 1.82) is 0 Å². The van der Waals surface area contributed by atoms with Crippen molar-refractivity contribution in [3.63, 3.8) is 0 Å². The van der Waals surface area contributed by atoms with Gasteiger partial charge in [0.15, 0.2) is 0 Å². The van der Waals surface area contributed by atoms with E-state index in [-0.39, 0.29) is 11.2 Å². The molecular formula is C15H16ClFO. The van der Waals surface area contributed by atoms with E-state index in [1.54, 1.807) is 12.1 Å². The molecule has 0 aliphatic heterocycles. The lowest BCUT2D eigenvalue weighted by molar-refractivity contribution is 0.499. The van der Waals surface area contributed by atoms with Gasteiger partial charge in [0.2, 0.25) is 0 Å². The lowest BCUT2D eigenvalue weighted by Gasteiger charge is -2.10. The van der Waals surface area contributed by atoms with Crippen LogP contribution < -0.4 is 0 Å². The van der Waals surface area contributed by atoms with Crippen molar-refractivity contribution in [3.05, 3.63) is 58.3 Å². The number of halogens is 2. The van der Waals surface area contributed by atoms with Gasteiger partial charge in [-0.2, -0.15) is 0 Å². The first-order valence-electron chi connectivity index (χ1n) is 5.94. The summed E-state index contributed by atoms with van der Waals surface area (Å²) < 4.78 is 18.4. The molecule has 18 heavy (non-hydrogen) atoms. The maximum atomic E-state index is 12.8. The topological polar surface area (TPSA) is 13.1 Å². The maximum Gasteiger partial charge on any atom is 0.123 e. The number of aryl methyl sites for hydroxylation is 2. The molecule has 2 rings (SSSR count). The maximum absolute atomic E-state index is 12.8. The van der Waals surface area contributed by atoms with Gasteiger partial charge in [-0.3, -0.25) is 0 Å². The summed E-state index contributed by atoms with van der Waals surface area (Å²) in [7, 11) is 0. The molecule has 0 aliphatic carbocycles. The molecule has 0 saturated heterocycles. The Bertz CT molecular complexity index is 542. The lowest BCUT2D eigenvalue weighted by Crippen LogP contribution is -1.98. The van der Waals surface area contributed by atoms with Gasteiger partial charge in [0.05, 0.1) is 5.38 Å². The predicted octanol–water partition coefficient (Wildman–Crippen LogP) is 4.87. The smallest absolute Gasteiger partial charge is 0.123 e. The molecule has 0 spiro atoms. The van der Waals surface area contributed by atoms with Gasteiger partial charge in [-0.1, -0.05) is 12.1 Å². The van der Waals surface area contributed by atoms with Gasteiger partial charge in [-0.05, 0) is 50.5 Å². The van der Waals surface area contributed by atoms with E-state index in [2.05, 4.69) is 0 Å². The van der Waals surface area contributed by atoms with Crippen LogP contribution in [0.25, 0.3) is 0 Å². The molecule has 96 valence electrons. The number of rotatable bonds is 3. The first kappa shape index (κ1) is 13.2. The van der Waals surface area contributed by atoms with Crippen molar-refractivity contribution in [3.8, 4) is 0 Å². The highest BCUT2D eigenvalue weighted by Gasteiger charge is 2.19. The Hall–Kier alpha value is -1.28. The van der Waals surface area contributed by atoms with Crippen molar-refractivity contribution < 1.29 is 8.81 Å². The third kappa shape index (κ3) is 2.59. The normalized spacial score (nSPS) is 12.7. The molecule has 0 aliphatic rings. The summed E-state index contributed by atoms with van der Waals surface area (Å²) in [5.74, 6) is 1.55. The number of benzene rings is 1. The highest BCUT2D eigenvalue weighted by atomic mass is 35.5. The Morgan fingerprint density at radius 2 is 1.72 bits per heavy atom. The molecule has 0 saturated carbocycles. The van der Waals surface area contributed by atoms with Gasteiger partial charge in [0.25, 0.3) is 0 Å². The second-order valence-electron chi connectivity index (χ2n) is 4.55. The van der Waals surface area contributed by atoms with Gasteiger partial charge in [0.1, 0.15) is 17.3 Å². The highest BCUT2D eigenvalue weighted by molar-refractivity contribution is 6.21. The summed E-state index contributed by atoms with van der Waals surface area (Å²) in [4.78, 5) is 0. The molecule has 1 aromatic carbocycles. The van der Waals surface area contributed by atoms with Crippen LogP contribution in [0.4, 0.5) is 4.39 Å². The zero-order valence-electron chi connectivity index (χ0n) is 10.8. The molecule has 1 aromatic heterocycles. The minimum Gasteiger partial charge on any atom is -0.466 e. The number of alkyl halides is 1. The molecule has 0 bridgehead atoms. The second kappa shape index (κ2) is 5.15. The Kier molecular flexibility index (Phi) is 3.76. The standard InChI is InChI=1S/C15H16ClFO/c1-9-10(2)18-11(3)15(9)14(16)8-12-4-6-13(17)7-5-12/h4-7,14H,8H2,1-3H3. The van der Waals surface area contributed by atoms with Crippen LogP contribution in [-0.2, 0) is 6.42 Å². The number of furan rings is 1. The monoisotopic (exact) mass is 266 g/mol. The Balaban J connectivity index is 2.21. The van der Waals surface area contributed by atoms with Crippen LogP contribution in [-0.4, -0.2) is 0 Å². The van der Waals surface area contributed by atoms with Crippen molar-refractivity contribution in [2.24, 2.45) is 0 Å². The van der Waals surface area contributed by atoms with Gasteiger partial charge in [-0.25, -0.2) is 4.39 Å². The molecule has 1 heterocycles. The molecule has 1 atom stereocenters. The van der Waals surface area contributed by atoms with Crippen LogP contribution in [0.2, 0.25) is 0 Å².